The summed E-state index contributed by atoms with van der Waals surface area (Å²) in [6.45, 7) is 5.85. The SMILES string of the molecule is CC(C)(C)[S@@+]([O-])NC(c1cc(O[C@H]2CCOC2)ccc1F)C(F)C(=O)O. The number of rotatable bonds is 7. The minimum atomic E-state index is -2.49. The highest BCUT2D eigenvalue weighted by Gasteiger charge is 2.38. The molecule has 2 rings (SSSR count). The van der Waals surface area contributed by atoms with E-state index >= 15 is 0 Å². The lowest BCUT2D eigenvalue weighted by atomic mass is 10.0. The minimum Gasteiger partial charge on any atom is -0.598 e. The maximum Gasteiger partial charge on any atom is 0.340 e. The number of carbonyl (C=O) groups is 1. The van der Waals surface area contributed by atoms with E-state index < -0.39 is 40.1 Å². The predicted octanol–water partition coefficient (Wildman–Crippen LogP) is 2.51. The van der Waals surface area contributed by atoms with E-state index in [1.807, 2.05) is 0 Å². The fourth-order valence-electron chi connectivity index (χ4n) is 2.35. The molecule has 6 nitrogen and oxygen atoms in total. The quantitative estimate of drug-likeness (QED) is 0.694. The second-order valence-electron chi connectivity index (χ2n) is 7.00. The second kappa shape index (κ2) is 8.51. The number of halogens is 2. The molecule has 1 fully saturated rings. The summed E-state index contributed by atoms with van der Waals surface area (Å²) in [5.74, 6) is -2.32. The summed E-state index contributed by atoms with van der Waals surface area (Å²) < 4.78 is 53.5. The smallest absolute Gasteiger partial charge is 0.340 e. The molecule has 1 aromatic carbocycles. The number of hydrogen-bond donors (Lipinski definition) is 2. The van der Waals surface area contributed by atoms with Gasteiger partial charge in [0.05, 0.1) is 13.2 Å². The van der Waals surface area contributed by atoms with Crippen LogP contribution in [0.2, 0.25) is 0 Å². The Hall–Kier alpha value is -1.42. The summed E-state index contributed by atoms with van der Waals surface area (Å²) in [5.41, 5.74) is -0.256. The average molecular weight is 391 g/mol. The number of aliphatic carboxylic acids is 1. The molecule has 0 saturated carbocycles. The number of benzene rings is 1. The van der Waals surface area contributed by atoms with Crippen LogP contribution in [0.25, 0.3) is 0 Å². The third kappa shape index (κ3) is 5.29. The Morgan fingerprint density at radius 3 is 2.73 bits per heavy atom. The van der Waals surface area contributed by atoms with Gasteiger partial charge in [-0.1, -0.05) is 0 Å². The standard InChI is InChI=1S/C17H23F2NO5S/c1-17(2,3)26(23)20-15(14(19)16(21)22)12-8-10(4-5-13(12)18)25-11-6-7-24-9-11/h4-5,8,11,14-15,20H,6-7,9H2,1-3H3,(H,21,22)/t11-,14?,15?,26+/m0/s1. The Balaban J connectivity index is 2.31. The van der Waals surface area contributed by atoms with Gasteiger partial charge in [0, 0.05) is 23.3 Å². The molecular weight excluding hydrogens is 368 g/mol. The Morgan fingerprint density at radius 2 is 2.19 bits per heavy atom. The highest BCUT2D eigenvalue weighted by molar-refractivity contribution is 7.90. The lowest BCUT2D eigenvalue weighted by Gasteiger charge is -2.29. The summed E-state index contributed by atoms with van der Waals surface area (Å²) in [5, 5.41) is 9.04. The maximum atomic E-state index is 14.3. The molecule has 0 bridgehead atoms. The number of hydrogen-bond acceptors (Lipinski definition) is 5. The molecule has 2 N–H and O–H groups in total. The zero-order valence-electron chi connectivity index (χ0n) is 14.8. The largest absolute Gasteiger partial charge is 0.598 e. The second-order valence-corrected chi connectivity index (χ2v) is 9.00. The van der Waals surface area contributed by atoms with Gasteiger partial charge in [-0.25, -0.2) is 13.6 Å². The predicted molar refractivity (Wildman–Crippen MR) is 92.6 cm³/mol. The molecule has 146 valence electrons. The third-order valence-corrected chi connectivity index (χ3v) is 5.39. The molecule has 1 aromatic rings. The number of ether oxygens (including phenoxy) is 2. The molecule has 0 radical (unpaired) electrons. The van der Waals surface area contributed by atoms with Crippen LogP contribution in [0.3, 0.4) is 0 Å². The number of alkyl halides is 1. The first-order chi connectivity index (χ1) is 12.1. The lowest BCUT2D eigenvalue weighted by Crippen LogP contribution is -2.45. The van der Waals surface area contributed by atoms with Crippen molar-refractivity contribution in [2.24, 2.45) is 0 Å². The summed E-state index contributed by atoms with van der Waals surface area (Å²) >= 11 is -1.80. The van der Waals surface area contributed by atoms with Crippen molar-refractivity contribution < 1.29 is 32.7 Å². The summed E-state index contributed by atoms with van der Waals surface area (Å²) in [6, 6.07) is 2.06. The minimum absolute atomic E-state index is 0.205. The van der Waals surface area contributed by atoms with Crippen LogP contribution < -0.4 is 9.46 Å². The van der Waals surface area contributed by atoms with Crippen molar-refractivity contribution >= 4 is 17.3 Å². The van der Waals surface area contributed by atoms with Gasteiger partial charge in [-0.05, 0) is 39.0 Å². The van der Waals surface area contributed by atoms with Gasteiger partial charge in [0.25, 0.3) is 0 Å². The van der Waals surface area contributed by atoms with E-state index in [1.54, 1.807) is 20.8 Å². The lowest BCUT2D eigenvalue weighted by molar-refractivity contribution is -0.143. The van der Waals surface area contributed by atoms with E-state index in [0.717, 1.165) is 6.07 Å². The monoisotopic (exact) mass is 391 g/mol. The molecule has 1 heterocycles. The zero-order valence-corrected chi connectivity index (χ0v) is 15.6. The first-order valence-electron chi connectivity index (χ1n) is 8.18. The van der Waals surface area contributed by atoms with E-state index in [0.29, 0.717) is 19.6 Å². The highest BCUT2D eigenvalue weighted by Crippen LogP contribution is 2.30. The Labute approximate surface area is 154 Å². The van der Waals surface area contributed by atoms with Crippen LogP contribution >= 0.6 is 0 Å². The summed E-state index contributed by atoms with van der Waals surface area (Å²) in [4.78, 5) is 11.1. The van der Waals surface area contributed by atoms with Gasteiger partial charge in [0.15, 0.2) is 0 Å². The van der Waals surface area contributed by atoms with Gasteiger partial charge < -0.3 is 19.1 Å². The molecule has 1 aliphatic heterocycles. The van der Waals surface area contributed by atoms with Crippen molar-refractivity contribution in [3.8, 4) is 5.75 Å². The van der Waals surface area contributed by atoms with Crippen LogP contribution in [0.4, 0.5) is 8.78 Å². The topological polar surface area (TPSA) is 90.9 Å². The van der Waals surface area contributed by atoms with E-state index in [4.69, 9.17) is 14.6 Å². The van der Waals surface area contributed by atoms with E-state index in [-0.39, 0.29) is 17.4 Å². The van der Waals surface area contributed by atoms with Crippen molar-refractivity contribution in [2.45, 2.75) is 50.3 Å². The highest BCUT2D eigenvalue weighted by atomic mass is 32.2. The van der Waals surface area contributed by atoms with Crippen LogP contribution in [0.1, 0.15) is 38.8 Å². The molecule has 0 aromatic heterocycles. The number of carboxylic acids is 1. The number of carboxylic acid groups (broad SMARTS) is 1. The van der Waals surface area contributed by atoms with Crippen LogP contribution in [0, 0.1) is 5.82 Å². The van der Waals surface area contributed by atoms with Crippen LogP contribution in [0.5, 0.6) is 5.75 Å². The Bertz CT molecular complexity index is 634. The summed E-state index contributed by atoms with van der Waals surface area (Å²) in [7, 11) is 0. The van der Waals surface area contributed by atoms with Gasteiger partial charge in [0.1, 0.15) is 28.5 Å². The normalized spacial score (nSPS) is 21.2. The molecule has 0 amide bonds. The van der Waals surface area contributed by atoms with Crippen LogP contribution in [-0.4, -0.2) is 45.9 Å². The van der Waals surface area contributed by atoms with Crippen molar-refractivity contribution in [1.82, 2.24) is 4.72 Å². The molecule has 4 atom stereocenters. The van der Waals surface area contributed by atoms with Crippen molar-refractivity contribution in [3.63, 3.8) is 0 Å². The van der Waals surface area contributed by atoms with Crippen molar-refractivity contribution in [3.05, 3.63) is 29.6 Å². The Morgan fingerprint density at radius 1 is 1.50 bits per heavy atom. The summed E-state index contributed by atoms with van der Waals surface area (Å²) in [6.07, 6.45) is -2.02. The van der Waals surface area contributed by atoms with Crippen LogP contribution in [0.15, 0.2) is 18.2 Å². The maximum absolute atomic E-state index is 14.3. The third-order valence-electron chi connectivity index (χ3n) is 3.81. The molecule has 1 aliphatic rings. The molecule has 1 saturated heterocycles. The molecule has 0 aliphatic carbocycles. The molecule has 9 heteroatoms. The van der Waals surface area contributed by atoms with Gasteiger partial charge in [-0.3, -0.25) is 0 Å². The number of nitrogens with one attached hydrogen (secondary N) is 1. The first kappa shape index (κ1) is 20.9. The molecule has 0 spiro atoms. The Kier molecular flexibility index (Phi) is 6.84. The average Bonchev–Trinajstić information content (AvgIpc) is 3.05. The fraction of sp³-hybridized carbons (Fsp3) is 0.588. The van der Waals surface area contributed by atoms with Gasteiger partial charge >= 0.3 is 5.97 Å². The van der Waals surface area contributed by atoms with Crippen molar-refractivity contribution in [2.75, 3.05) is 13.2 Å². The molecule has 26 heavy (non-hydrogen) atoms. The van der Waals surface area contributed by atoms with Crippen molar-refractivity contribution in [1.29, 1.82) is 0 Å². The molecule has 2 unspecified atom stereocenters. The van der Waals surface area contributed by atoms with Crippen LogP contribution in [-0.2, 0) is 20.9 Å². The zero-order chi connectivity index (χ0) is 19.5. The van der Waals surface area contributed by atoms with Gasteiger partial charge in [-0.15, -0.1) is 4.72 Å². The fourth-order valence-corrected chi connectivity index (χ4v) is 3.18. The van der Waals surface area contributed by atoms with E-state index in [1.165, 1.54) is 12.1 Å². The molecular formula is C17H23F2NO5S. The first-order valence-corrected chi connectivity index (χ1v) is 9.33. The van der Waals surface area contributed by atoms with Gasteiger partial charge in [0.2, 0.25) is 6.17 Å². The van der Waals surface area contributed by atoms with E-state index in [9.17, 15) is 18.1 Å². The van der Waals surface area contributed by atoms with Gasteiger partial charge in [-0.2, -0.15) is 0 Å². The van der Waals surface area contributed by atoms with E-state index in [2.05, 4.69) is 4.72 Å².